The van der Waals surface area contributed by atoms with Gasteiger partial charge in [-0.15, -0.1) is 0 Å². The predicted octanol–water partition coefficient (Wildman–Crippen LogP) is 11.3. The topological polar surface area (TPSA) is 48.8 Å². The van der Waals surface area contributed by atoms with Gasteiger partial charge in [0.1, 0.15) is 0 Å². The third kappa shape index (κ3) is 4.33. The Kier molecular flexibility index (Phi) is 6.11. The van der Waals surface area contributed by atoms with E-state index < -0.39 is 0 Å². The van der Waals surface area contributed by atoms with Crippen molar-refractivity contribution in [3.05, 3.63) is 170 Å². The van der Waals surface area contributed by atoms with Crippen molar-refractivity contribution < 1.29 is 4.42 Å². The molecule has 0 radical (unpaired) electrons. The standard InChI is InChI=1S/C44H28N4O/c1-3-11-29(12-4-1)39-23-24-45-44(46-39)48-41-18-10-8-16-34(41)36-26-31(20-22-43(36)48)38-28-49-27-37(38)30-19-21-42-35(25-30)33-15-7-9-17-40(33)47(42)32-13-5-2-6-14-32/h1-28H. The second-order valence-electron chi connectivity index (χ2n) is 12.3. The Hall–Kier alpha value is -6.72. The monoisotopic (exact) mass is 628 g/mol. The van der Waals surface area contributed by atoms with Crippen molar-refractivity contribution in [3.63, 3.8) is 0 Å². The fourth-order valence-electron chi connectivity index (χ4n) is 7.32. The lowest BCUT2D eigenvalue weighted by Crippen LogP contribution is -2.01. The van der Waals surface area contributed by atoms with E-state index in [0.717, 1.165) is 61.0 Å². The van der Waals surface area contributed by atoms with Crippen LogP contribution in [0.5, 0.6) is 0 Å². The van der Waals surface area contributed by atoms with E-state index in [2.05, 4.69) is 137 Å². The van der Waals surface area contributed by atoms with Gasteiger partial charge in [-0.05, 0) is 65.7 Å². The fraction of sp³-hybridized carbons (Fsp3) is 0. The first-order valence-electron chi connectivity index (χ1n) is 16.4. The third-order valence-electron chi connectivity index (χ3n) is 9.56. The zero-order valence-corrected chi connectivity index (χ0v) is 26.4. The van der Waals surface area contributed by atoms with Gasteiger partial charge in [-0.2, -0.15) is 0 Å². The molecule has 6 aromatic carbocycles. The second-order valence-corrected chi connectivity index (χ2v) is 12.3. The van der Waals surface area contributed by atoms with Gasteiger partial charge in [0, 0.05) is 50.1 Å². The smallest absolute Gasteiger partial charge is 0.235 e. The summed E-state index contributed by atoms with van der Waals surface area (Å²) in [6.45, 7) is 0. The van der Waals surface area contributed by atoms with Gasteiger partial charge < -0.3 is 8.98 Å². The molecule has 0 bridgehead atoms. The molecule has 0 unspecified atom stereocenters. The molecular weight excluding hydrogens is 601 g/mol. The SMILES string of the molecule is c1ccc(-c2ccnc(-n3c4ccccc4c4cc(-c5cocc5-c5ccc6c(c5)c5ccccc5n6-c5ccccc5)ccc43)n2)cc1. The van der Waals surface area contributed by atoms with Crippen LogP contribution in [0.15, 0.2) is 175 Å². The van der Waals surface area contributed by atoms with Crippen LogP contribution in [0, 0.1) is 0 Å². The van der Waals surface area contributed by atoms with Crippen LogP contribution in [0.2, 0.25) is 0 Å². The number of hydrogen-bond acceptors (Lipinski definition) is 3. The zero-order valence-electron chi connectivity index (χ0n) is 26.4. The van der Waals surface area contributed by atoms with Crippen molar-refractivity contribution in [2.24, 2.45) is 0 Å². The number of hydrogen-bond donors (Lipinski definition) is 0. The van der Waals surface area contributed by atoms with E-state index in [4.69, 9.17) is 14.4 Å². The van der Waals surface area contributed by atoms with Crippen LogP contribution in [-0.2, 0) is 0 Å². The van der Waals surface area contributed by atoms with Gasteiger partial charge in [-0.1, -0.05) is 97.1 Å². The Morgan fingerprint density at radius 2 is 0.959 bits per heavy atom. The van der Waals surface area contributed by atoms with Gasteiger partial charge in [0.05, 0.1) is 40.3 Å². The molecule has 4 heterocycles. The molecule has 10 aromatic rings. The maximum Gasteiger partial charge on any atom is 0.235 e. The van der Waals surface area contributed by atoms with Crippen molar-refractivity contribution in [1.29, 1.82) is 0 Å². The highest BCUT2D eigenvalue weighted by Gasteiger charge is 2.19. The van der Waals surface area contributed by atoms with Gasteiger partial charge in [-0.3, -0.25) is 4.57 Å². The van der Waals surface area contributed by atoms with Crippen molar-refractivity contribution in [3.8, 4) is 45.1 Å². The molecule has 4 aromatic heterocycles. The normalized spacial score (nSPS) is 11.7. The molecular formula is C44H28N4O. The Morgan fingerprint density at radius 3 is 1.61 bits per heavy atom. The average Bonchev–Trinajstić information content (AvgIpc) is 3.88. The summed E-state index contributed by atoms with van der Waals surface area (Å²) in [4.78, 5) is 9.75. The molecule has 0 fully saturated rings. The maximum atomic E-state index is 5.93. The molecule has 5 nitrogen and oxygen atoms in total. The molecule has 0 N–H and O–H groups in total. The minimum absolute atomic E-state index is 0.646. The highest BCUT2D eigenvalue weighted by Crippen LogP contribution is 2.40. The molecule has 0 aliphatic rings. The molecule has 49 heavy (non-hydrogen) atoms. The number of aromatic nitrogens is 4. The summed E-state index contributed by atoms with van der Waals surface area (Å²) in [5.74, 6) is 0.646. The lowest BCUT2D eigenvalue weighted by molar-refractivity contribution is 0.569. The minimum atomic E-state index is 0.646. The summed E-state index contributed by atoms with van der Waals surface area (Å²) in [7, 11) is 0. The first kappa shape index (κ1) is 27.4. The van der Waals surface area contributed by atoms with Crippen molar-refractivity contribution in [2.75, 3.05) is 0 Å². The van der Waals surface area contributed by atoms with Gasteiger partial charge in [0.25, 0.3) is 0 Å². The zero-order chi connectivity index (χ0) is 32.3. The van der Waals surface area contributed by atoms with Gasteiger partial charge in [0.2, 0.25) is 5.95 Å². The van der Waals surface area contributed by atoms with E-state index in [-0.39, 0.29) is 0 Å². The number of benzene rings is 6. The highest BCUT2D eigenvalue weighted by molar-refractivity contribution is 6.12. The fourth-order valence-corrected chi connectivity index (χ4v) is 7.32. The number of rotatable bonds is 5. The second kappa shape index (κ2) is 10.9. The summed E-state index contributed by atoms with van der Waals surface area (Å²) in [5.41, 5.74) is 11.9. The summed E-state index contributed by atoms with van der Waals surface area (Å²) in [6.07, 6.45) is 5.56. The van der Waals surface area contributed by atoms with Crippen LogP contribution in [0.25, 0.3) is 88.8 Å². The molecule has 0 aliphatic carbocycles. The molecule has 0 aliphatic heterocycles. The van der Waals surface area contributed by atoms with Gasteiger partial charge in [-0.25, -0.2) is 9.97 Å². The molecule has 10 rings (SSSR count). The van der Waals surface area contributed by atoms with E-state index >= 15 is 0 Å². The van der Waals surface area contributed by atoms with Crippen LogP contribution in [0.4, 0.5) is 0 Å². The van der Waals surface area contributed by atoms with E-state index in [1.165, 1.54) is 21.8 Å². The van der Waals surface area contributed by atoms with E-state index in [0.29, 0.717) is 5.95 Å². The summed E-state index contributed by atoms with van der Waals surface area (Å²) in [6, 6.07) is 53.2. The first-order valence-corrected chi connectivity index (χ1v) is 16.4. The molecule has 0 amide bonds. The number of furan rings is 1. The largest absolute Gasteiger partial charge is 0.471 e. The molecule has 0 saturated heterocycles. The molecule has 0 saturated carbocycles. The van der Waals surface area contributed by atoms with E-state index in [1.807, 2.05) is 43.0 Å². The number of nitrogens with zero attached hydrogens (tertiary/aromatic N) is 4. The Balaban J connectivity index is 1.12. The van der Waals surface area contributed by atoms with Crippen LogP contribution < -0.4 is 0 Å². The number of fused-ring (bicyclic) bond motifs is 6. The predicted molar refractivity (Wildman–Crippen MR) is 199 cm³/mol. The lowest BCUT2D eigenvalue weighted by Gasteiger charge is -2.09. The van der Waals surface area contributed by atoms with E-state index in [9.17, 15) is 0 Å². The summed E-state index contributed by atoms with van der Waals surface area (Å²) >= 11 is 0. The molecule has 5 heteroatoms. The Morgan fingerprint density at radius 1 is 0.429 bits per heavy atom. The van der Waals surface area contributed by atoms with Crippen molar-refractivity contribution in [1.82, 2.24) is 19.1 Å². The highest BCUT2D eigenvalue weighted by atomic mass is 16.3. The summed E-state index contributed by atoms with van der Waals surface area (Å²) < 4.78 is 10.4. The minimum Gasteiger partial charge on any atom is -0.471 e. The van der Waals surface area contributed by atoms with Gasteiger partial charge in [0.15, 0.2) is 0 Å². The Bertz CT molecular complexity index is 2830. The number of para-hydroxylation sites is 3. The maximum absolute atomic E-state index is 5.93. The van der Waals surface area contributed by atoms with Crippen LogP contribution in [0.3, 0.4) is 0 Å². The first-order chi connectivity index (χ1) is 24.3. The molecule has 0 spiro atoms. The average molecular weight is 629 g/mol. The van der Waals surface area contributed by atoms with Crippen molar-refractivity contribution in [2.45, 2.75) is 0 Å². The molecule has 0 atom stereocenters. The van der Waals surface area contributed by atoms with Crippen molar-refractivity contribution >= 4 is 43.6 Å². The van der Waals surface area contributed by atoms with Crippen LogP contribution in [-0.4, -0.2) is 19.1 Å². The van der Waals surface area contributed by atoms with Crippen LogP contribution >= 0.6 is 0 Å². The lowest BCUT2D eigenvalue weighted by atomic mass is 9.96. The third-order valence-corrected chi connectivity index (χ3v) is 9.56. The Labute approximate surface area is 282 Å². The van der Waals surface area contributed by atoms with E-state index in [1.54, 1.807) is 0 Å². The van der Waals surface area contributed by atoms with Gasteiger partial charge >= 0.3 is 0 Å². The molecule has 230 valence electrons. The summed E-state index contributed by atoms with van der Waals surface area (Å²) in [5, 5.41) is 4.71. The quantitative estimate of drug-likeness (QED) is 0.191. The van der Waals surface area contributed by atoms with Crippen LogP contribution in [0.1, 0.15) is 0 Å².